The number of hydrogen-bond acceptors (Lipinski definition) is 4. The first-order chi connectivity index (χ1) is 10.7. The molecule has 2 rings (SSSR count). The molecular formula is C16H23N3O3. The summed E-state index contributed by atoms with van der Waals surface area (Å²) in [5.41, 5.74) is 1.38. The Kier molecular flexibility index (Phi) is 6.36. The van der Waals surface area contributed by atoms with E-state index in [4.69, 9.17) is 4.74 Å². The third-order valence-corrected chi connectivity index (χ3v) is 3.56. The molecule has 0 unspecified atom stereocenters. The Labute approximate surface area is 130 Å². The summed E-state index contributed by atoms with van der Waals surface area (Å²) in [6.07, 6.45) is 1.46. The lowest BCUT2D eigenvalue weighted by Gasteiger charge is -2.16. The molecule has 0 saturated carbocycles. The smallest absolute Gasteiger partial charge is 0.251 e. The van der Waals surface area contributed by atoms with Gasteiger partial charge in [-0.2, -0.15) is 0 Å². The molecule has 0 aromatic heterocycles. The van der Waals surface area contributed by atoms with Gasteiger partial charge >= 0.3 is 0 Å². The Morgan fingerprint density at radius 1 is 1.32 bits per heavy atom. The molecule has 1 fully saturated rings. The van der Waals surface area contributed by atoms with Gasteiger partial charge in [-0.15, -0.1) is 0 Å². The molecule has 6 nitrogen and oxygen atoms in total. The number of carbonyl (C=O) groups excluding carboxylic acids is 2. The zero-order valence-corrected chi connectivity index (χ0v) is 12.9. The highest BCUT2D eigenvalue weighted by Gasteiger charge is 2.22. The average molecular weight is 305 g/mol. The van der Waals surface area contributed by atoms with E-state index in [1.54, 1.807) is 24.1 Å². The molecule has 6 heteroatoms. The topological polar surface area (TPSA) is 70.7 Å². The number of hydrogen-bond donors (Lipinski definition) is 2. The third-order valence-electron chi connectivity index (χ3n) is 3.56. The van der Waals surface area contributed by atoms with Crippen LogP contribution in [0.2, 0.25) is 0 Å². The second kappa shape index (κ2) is 8.51. The van der Waals surface area contributed by atoms with Crippen LogP contribution in [0.5, 0.6) is 0 Å². The highest BCUT2D eigenvalue weighted by Crippen LogP contribution is 2.22. The summed E-state index contributed by atoms with van der Waals surface area (Å²) in [6.45, 7) is 3.39. The van der Waals surface area contributed by atoms with E-state index in [-0.39, 0.29) is 11.8 Å². The Morgan fingerprint density at radius 2 is 2.18 bits per heavy atom. The van der Waals surface area contributed by atoms with E-state index in [9.17, 15) is 9.59 Å². The molecule has 2 amide bonds. The molecule has 22 heavy (non-hydrogen) atoms. The summed E-state index contributed by atoms with van der Waals surface area (Å²) in [6, 6.07) is 7.22. The van der Waals surface area contributed by atoms with Crippen molar-refractivity contribution >= 4 is 17.5 Å². The summed E-state index contributed by atoms with van der Waals surface area (Å²) in [4.78, 5) is 25.6. The second-order valence-corrected chi connectivity index (χ2v) is 5.20. The Balaban J connectivity index is 1.84. The number of ether oxygens (including phenoxy) is 1. The van der Waals surface area contributed by atoms with E-state index in [1.165, 1.54) is 0 Å². The van der Waals surface area contributed by atoms with Gasteiger partial charge in [0.2, 0.25) is 5.91 Å². The van der Waals surface area contributed by atoms with Gasteiger partial charge in [0.1, 0.15) is 0 Å². The van der Waals surface area contributed by atoms with Crippen LogP contribution in [-0.4, -0.2) is 51.7 Å². The molecule has 1 aliphatic heterocycles. The molecule has 0 atom stereocenters. The van der Waals surface area contributed by atoms with Crippen LogP contribution < -0.4 is 15.5 Å². The number of amides is 2. The number of anilines is 1. The van der Waals surface area contributed by atoms with Crippen molar-refractivity contribution < 1.29 is 14.3 Å². The molecule has 120 valence electrons. The number of nitrogens with zero attached hydrogens (tertiary/aromatic N) is 1. The minimum absolute atomic E-state index is 0.123. The molecule has 1 aromatic carbocycles. The lowest BCUT2D eigenvalue weighted by Crippen LogP contribution is -2.33. The van der Waals surface area contributed by atoms with Crippen LogP contribution in [0.1, 0.15) is 23.2 Å². The SMILES string of the molecule is COCCNCCNC(=O)c1cccc(N2CCCC2=O)c1. The van der Waals surface area contributed by atoms with Gasteiger partial charge in [-0.25, -0.2) is 0 Å². The molecule has 0 radical (unpaired) electrons. The summed E-state index contributed by atoms with van der Waals surface area (Å²) in [5.74, 6) is 0.00180. The lowest BCUT2D eigenvalue weighted by molar-refractivity contribution is -0.117. The summed E-state index contributed by atoms with van der Waals surface area (Å²) in [5, 5.41) is 6.02. The molecule has 0 spiro atoms. The van der Waals surface area contributed by atoms with Crippen molar-refractivity contribution in [2.24, 2.45) is 0 Å². The van der Waals surface area contributed by atoms with Crippen LogP contribution in [0.3, 0.4) is 0 Å². The Morgan fingerprint density at radius 3 is 2.91 bits per heavy atom. The van der Waals surface area contributed by atoms with E-state index in [0.717, 1.165) is 25.2 Å². The fourth-order valence-corrected chi connectivity index (χ4v) is 2.40. The van der Waals surface area contributed by atoms with Gasteiger partial charge in [0.25, 0.3) is 5.91 Å². The van der Waals surface area contributed by atoms with Gasteiger partial charge in [0.15, 0.2) is 0 Å². The summed E-state index contributed by atoms with van der Waals surface area (Å²) in [7, 11) is 1.65. The third kappa shape index (κ3) is 4.54. The van der Waals surface area contributed by atoms with Crippen molar-refractivity contribution in [3.63, 3.8) is 0 Å². The van der Waals surface area contributed by atoms with Crippen molar-refractivity contribution in [2.45, 2.75) is 12.8 Å². The number of benzene rings is 1. The zero-order chi connectivity index (χ0) is 15.8. The van der Waals surface area contributed by atoms with Crippen LogP contribution in [0, 0.1) is 0 Å². The maximum absolute atomic E-state index is 12.1. The van der Waals surface area contributed by atoms with Gasteiger partial charge in [-0.05, 0) is 24.6 Å². The standard InChI is InChI=1S/C16H23N3O3/c1-22-11-9-17-7-8-18-16(21)13-4-2-5-14(12-13)19-10-3-6-15(19)20/h2,4-5,12,17H,3,6-11H2,1H3,(H,18,21). The van der Waals surface area contributed by atoms with Gasteiger partial charge in [-0.1, -0.05) is 6.07 Å². The summed E-state index contributed by atoms with van der Waals surface area (Å²) >= 11 is 0. The van der Waals surface area contributed by atoms with Crippen LogP contribution in [-0.2, 0) is 9.53 Å². The molecule has 1 aliphatic rings. The first kappa shape index (κ1) is 16.5. The van der Waals surface area contributed by atoms with Crippen molar-refractivity contribution in [1.29, 1.82) is 0 Å². The van der Waals surface area contributed by atoms with E-state index < -0.39 is 0 Å². The predicted molar refractivity (Wildman–Crippen MR) is 85.1 cm³/mol. The second-order valence-electron chi connectivity index (χ2n) is 5.20. The zero-order valence-electron chi connectivity index (χ0n) is 12.9. The lowest BCUT2D eigenvalue weighted by atomic mass is 10.1. The fraction of sp³-hybridized carbons (Fsp3) is 0.500. The van der Waals surface area contributed by atoms with Crippen LogP contribution in [0.15, 0.2) is 24.3 Å². The Hall–Kier alpha value is -1.92. The highest BCUT2D eigenvalue weighted by atomic mass is 16.5. The number of rotatable bonds is 8. The molecular weight excluding hydrogens is 282 g/mol. The first-order valence-electron chi connectivity index (χ1n) is 7.60. The van der Waals surface area contributed by atoms with Crippen molar-refractivity contribution in [2.75, 3.05) is 44.8 Å². The quantitative estimate of drug-likeness (QED) is 0.696. The number of nitrogens with one attached hydrogen (secondary N) is 2. The Bertz CT molecular complexity index is 519. The van der Waals surface area contributed by atoms with E-state index >= 15 is 0 Å². The number of methoxy groups -OCH3 is 1. The highest BCUT2D eigenvalue weighted by molar-refractivity contribution is 5.99. The van der Waals surface area contributed by atoms with Crippen molar-refractivity contribution in [1.82, 2.24) is 10.6 Å². The van der Waals surface area contributed by atoms with Crippen molar-refractivity contribution in [3.8, 4) is 0 Å². The minimum Gasteiger partial charge on any atom is -0.383 e. The van der Waals surface area contributed by atoms with Crippen LogP contribution in [0.25, 0.3) is 0 Å². The van der Waals surface area contributed by atoms with Gasteiger partial charge in [-0.3, -0.25) is 9.59 Å². The number of carbonyl (C=O) groups is 2. The first-order valence-corrected chi connectivity index (χ1v) is 7.60. The molecule has 1 heterocycles. The van der Waals surface area contributed by atoms with Gasteiger partial charge in [0.05, 0.1) is 6.61 Å². The van der Waals surface area contributed by atoms with E-state index in [2.05, 4.69) is 10.6 Å². The molecule has 0 aliphatic carbocycles. The van der Waals surface area contributed by atoms with E-state index in [1.807, 2.05) is 12.1 Å². The average Bonchev–Trinajstić information content (AvgIpc) is 2.97. The normalized spacial score (nSPS) is 14.4. The monoisotopic (exact) mass is 305 g/mol. The van der Waals surface area contributed by atoms with Crippen molar-refractivity contribution in [3.05, 3.63) is 29.8 Å². The molecule has 1 saturated heterocycles. The minimum atomic E-state index is -0.123. The fourth-order valence-electron chi connectivity index (χ4n) is 2.40. The molecule has 0 bridgehead atoms. The maximum atomic E-state index is 12.1. The maximum Gasteiger partial charge on any atom is 0.251 e. The largest absolute Gasteiger partial charge is 0.383 e. The van der Waals surface area contributed by atoms with Crippen LogP contribution in [0.4, 0.5) is 5.69 Å². The molecule has 1 aromatic rings. The predicted octanol–water partition coefficient (Wildman–Crippen LogP) is 0.779. The van der Waals surface area contributed by atoms with Gasteiger partial charge < -0.3 is 20.3 Å². The summed E-state index contributed by atoms with van der Waals surface area (Å²) < 4.78 is 4.93. The van der Waals surface area contributed by atoms with E-state index in [0.29, 0.717) is 31.7 Å². The van der Waals surface area contributed by atoms with Crippen LogP contribution >= 0.6 is 0 Å². The molecule has 2 N–H and O–H groups in total. The van der Waals surface area contributed by atoms with Gasteiger partial charge in [0, 0.05) is 51.0 Å².